The number of rotatable bonds is 8. The van der Waals surface area contributed by atoms with Gasteiger partial charge < -0.3 is 5.32 Å². The average molecular weight is 476 g/mol. The number of aromatic nitrogens is 2. The number of carbonyl (C=O) groups excluding carboxylic acids is 1. The Hall–Kier alpha value is -3.16. The molecule has 2 aromatic carbocycles. The molecule has 1 N–H and O–H groups in total. The van der Waals surface area contributed by atoms with E-state index in [1.54, 1.807) is 41.7 Å². The lowest BCUT2D eigenvalue weighted by atomic mass is 10.1. The second kappa shape index (κ2) is 10.6. The highest BCUT2D eigenvalue weighted by Crippen LogP contribution is 2.26. The maximum absolute atomic E-state index is 12.8. The van der Waals surface area contributed by atoms with Crippen LogP contribution in [0.2, 0.25) is 0 Å². The number of nitrogens with zero attached hydrogens (tertiary/aromatic N) is 2. The van der Waals surface area contributed by atoms with Crippen molar-refractivity contribution >= 4 is 29.0 Å². The molecule has 2 aromatic heterocycles. The second-order valence-corrected chi connectivity index (χ2v) is 9.79. The van der Waals surface area contributed by atoms with Gasteiger partial charge in [0.25, 0.3) is 11.5 Å². The Morgan fingerprint density at radius 2 is 1.82 bits per heavy atom. The number of nitrogens with one attached hydrogen (secondary N) is 1. The summed E-state index contributed by atoms with van der Waals surface area (Å²) in [5.74, 6) is -0.127. The lowest BCUT2D eigenvalue weighted by molar-refractivity contribution is 0.0935. The summed E-state index contributed by atoms with van der Waals surface area (Å²) in [6.45, 7) is 4.15. The first-order valence-electron chi connectivity index (χ1n) is 10.8. The first-order chi connectivity index (χ1) is 16.0. The quantitative estimate of drug-likeness (QED) is 0.338. The van der Waals surface area contributed by atoms with Gasteiger partial charge in [-0.1, -0.05) is 48.9 Å². The van der Waals surface area contributed by atoms with Gasteiger partial charge in [0.1, 0.15) is 5.03 Å². The highest BCUT2D eigenvalue weighted by atomic mass is 32.2. The van der Waals surface area contributed by atoms with Gasteiger partial charge >= 0.3 is 0 Å². The Morgan fingerprint density at radius 1 is 1.06 bits per heavy atom. The van der Waals surface area contributed by atoms with Crippen LogP contribution < -0.4 is 10.9 Å². The van der Waals surface area contributed by atoms with Crippen LogP contribution in [0.25, 0.3) is 5.69 Å². The zero-order valence-electron chi connectivity index (χ0n) is 18.5. The van der Waals surface area contributed by atoms with Crippen molar-refractivity contribution in [2.45, 2.75) is 42.7 Å². The van der Waals surface area contributed by atoms with E-state index in [0.29, 0.717) is 11.3 Å². The van der Waals surface area contributed by atoms with Gasteiger partial charge in [-0.2, -0.15) is 9.78 Å². The lowest BCUT2D eigenvalue weighted by Crippen LogP contribution is -2.28. The van der Waals surface area contributed by atoms with Crippen molar-refractivity contribution in [3.05, 3.63) is 105 Å². The Balaban J connectivity index is 1.51. The van der Waals surface area contributed by atoms with Crippen LogP contribution in [0.4, 0.5) is 0 Å². The van der Waals surface area contributed by atoms with Crippen LogP contribution in [0.5, 0.6) is 0 Å². The third-order valence-electron chi connectivity index (χ3n) is 5.16. The minimum Gasteiger partial charge on any atom is -0.344 e. The molecule has 0 saturated heterocycles. The minimum atomic E-state index is -0.221. The summed E-state index contributed by atoms with van der Waals surface area (Å²) in [4.78, 5) is 27.5. The predicted octanol–water partition coefficient (Wildman–Crippen LogP) is 6.02. The average Bonchev–Trinajstić information content (AvgIpc) is 3.37. The van der Waals surface area contributed by atoms with Gasteiger partial charge in [0.15, 0.2) is 0 Å². The lowest BCUT2D eigenvalue weighted by Gasteiger charge is -2.17. The molecule has 0 fully saturated rings. The Kier molecular flexibility index (Phi) is 7.42. The smallest absolute Gasteiger partial charge is 0.271 e. The molecule has 0 bridgehead atoms. The van der Waals surface area contributed by atoms with Crippen LogP contribution in [0.15, 0.2) is 92.9 Å². The summed E-state index contributed by atoms with van der Waals surface area (Å²) < 4.78 is 1.36. The maximum Gasteiger partial charge on any atom is 0.271 e. The molecular formula is C26H25N3O2S2. The zero-order chi connectivity index (χ0) is 23.2. The van der Waals surface area contributed by atoms with Crippen LogP contribution >= 0.6 is 23.1 Å². The topological polar surface area (TPSA) is 64.0 Å². The van der Waals surface area contributed by atoms with E-state index in [9.17, 15) is 9.59 Å². The molecule has 0 radical (unpaired) electrons. The highest BCUT2D eigenvalue weighted by molar-refractivity contribution is 7.99. The van der Waals surface area contributed by atoms with E-state index in [1.165, 1.54) is 28.1 Å². The molecule has 0 aliphatic heterocycles. The van der Waals surface area contributed by atoms with Crippen LogP contribution in [0.1, 0.15) is 46.6 Å². The van der Waals surface area contributed by atoms with E-state index in [1.807, 2.05) is 48.7 Å². The fourth-order valence-electron chi connectivity index (χ4n) is 3.42. The molecular weight excluding hydrogens is 450 g/mol. The predicted molar refractivity (Wildman–Crippen MR) is 135 cm³/mol. The summed E-state index contributed by atoms with van der Waals surface area (Å²) in [7, 11) is 0. The number of amides is 1. The van der Waals surface area contributed by atoms with Gasteiger partial charge in [0.2, 0.25) is 0 Å². The normalized spacial score (nSPS) is 11.8. The summed E-state index contributed by atoms with van der Waals surface area (Å²) in [5.41, 5.74) is 2.14. The highest BCUT2D eigenvalue weighted by Gasteiger charge is 2.16. The van der Waals surface area contributed by atoms with E-state index in [-0.39, 0.29) is 17.5 Å². The van der Waals surface area contributed by atoms with Crippen LogP contribution in [0, 0.1) is 6.92 Å². The minimum absolute atomic E-state index is 0.00180. The molecule has 0 aliphatic carbocycles. The molecule has 2 heterocycles. The first kappa shape index (κ1) is 23.0. The molecule has 1 atom stereocenters. The van der Waals surface area contributed by atoms with Gasteiger partial charge in [0.05, 0.1) is 11.7 Å². The SMILES string of the molecule is CCC[C@@H](NC(=O)c1ccc(-n2nc(Sc3ccc(C)cc3)ccc2=O)cc1)c1cccs1. The van der Waals surface area contributed by atoms with Crippen molar-refractivity contribution < 1.29 is 4.79 Å². The van der Waals surface area contributed by atoms with Crippen LogP contribution in [-0.4, -0.2) is 15.7 Å². The molecule has 7 heteroatoms. The van der Waals surface area contributed by atoms with Crippen molar-refractivity contribution in [3.8, 4) is 5.69 Å². The number of thiophene rings is 1. The van der Waals surface area contributed by atoms with Crippen molar-refractivity contribution in [1.29, 1.82) is 0 Å². The molecule has 0 spiro atoms. The van der Waals surface area contributed by atoms with Crippen molar-refractivity contribution in [2.24, 2.45) is 0 Å². The molecule has 0 aliphatic rings. The number of hydrogen-bond donors (Lipinski definition) is 1. The Bertz CT molecular complexity index is 1260. The van der Waals surface area contributed by atoms with Gasteiger partial charge in [-0.3, -0.25) is 9.59 Å². The molecule has 4 rings (SSSR count). The molecule has 0 saturated carbocycles. The van der Waals surface area contributed by atoms with Gasteiger partial charge in [-0.05, 0) is 67.3 Å². The summed E-state index contributed by atoms with van der Waals surface area (Å²) in [6.07, 6.45) is 1.86. The molecule has 4 aromatic rings. The Morgan fingerprint density at radius 3 is 2.48 bits per heavy atom. The largest absolute Gasteiger partial charge is 0.344 e. The number of carbonyl (C=O) groups is 1. The van der Waals surface area contributed by atoms with E-state index < -0.39 is 0 Å². The number of aryl methyl sites for hydroxylation is 1. The zero-order valence-corrected chi connectivity index (χ0v) is 20.2. The third kappa shape index (κ3) is 5.80. The molecule has 168 valence electrons. The number of hydrogen-bond acceptors (Lipinski definition) is 5. The van der Waals surface area contributed by atoms with E-state index in [4.69, 9.17) is 0 Å². The van der Waals surface area contributed by atoms with Gasteiger partial charge in [0, 0.05) is 21.4 Å². The standard InChI is InChI=1S/C26H25N3O2S2/c1-3-5-22(23-6-4-17-32-23)27-26(31)19-9-11-20(12-10-19)29-25(30)16-15-24(28-29)33-21-13-7-18(2)8-14-21/h4,6-17,22H,3,5H2,1-2H3,(H,27,31)/t22-/m1/s1. The fourth-order valence-corrected chi connectivity index (χ4v) is 5.00. The van der Waals surface area contributed by atoms with Crippen molar-refractivity contribution in [1.82, 2.24) is 15.1 Å². The van der Waals surface area contributed by atoms with E-state index >= 15 is 0 Å². The molecule has 33 heavy (non-hydrogen) atoms. The van der Waals surface area contributed by atoms with Crippen LogP contribution in [-0.2, 0) is 0 Å². The monoisotopic (exact) mass is 475 g/mol. The van der Waals surface area contributed by atoms with Crippen molar-refractivity contribution in [3.63, 3.8) is 0 Å². The summed E-state index contributed by atoms with van der Waals surface area (Å²) in [5, 5.41) is 10.4. The molecule has 0 unspecified atom stereocenters. The molecule has 5 nitrogen and oxygen atoms in total. The summed E-state index contributed by atoms with van der Waals surface area (Å²) >= 11 is 3.15. The second-order valence-electron chi connectivity index (χ2n) is 7.71. The first-order valence-corrected chi connectivity index (χ1v) is 12.5. The maximum atomic E-state index is 12.8. The molecule has 1 amide bonds. The third-order valence-corrected chi connectivity index (χ3v) is 7.08. The fraction of sp³-hybridized carbons (Fsp3) is 0.192. The van der Waals surface area contributed by atoms with E-state index in [2.05, 4.69) is 17.3 Å². The van der Waals surface area contributed by atoms with E-state index in [0.717, 1.165) is 27.6 Å². The number of benzene rings is 2. The van der Waals surface area contributed by atoms with Gasteiger partial charge in [-0.15, -0.1) is 11.3 Å². The summed E-state index contributed by atoms with van der Waals surface area (Å²) in [6, 6.07) is 22.4. The van der Waals surface area contributed by atoms with Gasteiger partial charge in [-0.25, -0.2) is 0 Å². The Labute approximate surface area is 201 Å². The van der Waals surface area contributed by atoms with Crippen molar-refractivity contribution in [2.75, 3.05) is 0 Å². The van der Waals surface area contributed by atoms with Crippen LogP contribution in [0.3, 0.4) is 0 Å².